The minimum Gasteiger partial charge on any atom is -0.491 e. The largest absolute Gasteiger partial charge is 0.491 e. The lowest BCUT2D eigenvalue weighted by Crippen LogP contribution is -2.09. The molecular formula is C23H21NO. The number of aromatic nitrogens is 1. The van der Waals surface area contributed by atoms with Gasteiger partial charge in [-0.2, -0.15) is 0 Å². The third kappa shape index (κ3) is 2.96. The van der Waals surface area contributed by atoms with Gasteiger partial charge in [0.25, 0.3) is 0 Å². The Morgan fingerprint density at radius 2 is 1.56 bits per heavy atom. The normalized spacial score (nSPS) is 12.4. The summed E-state index contributed by atoms with van der Waals surface area (Å²) in [4.78, 5) is 4.85. The summed E-state index contributed by atoms with van der Waals surface area (Å²) in [7, 11) is 0. The van der Waals surface area contributed by atoms with Crippen molar-refractivity contribution in [3.8, 4) is 16.9 Å². The number of nitrogens with zero attached hydrogens (tertiary/aromatic N) is 1. The number of hydrogen-bond acceptors (Lipinski definition) is 2. The Morgan fingerprint density at radius 3 is 2.36 bits per heavy atom. The SMILES string of the molecule is CCC(C)Oc1ccc2nc3ccccc3c(-c3ccccc3)c2c1. The van der Waals surface area contributed by atoms with Gasteiger partial charge in [0.05, 0.1) is 17.1 Å². The molecule has 0 spiro atoms. The number of para-hydroxylation sites is 1. The summed E-state index contributed by atoms with van der Waals surface area (Å²) in [5, 5.41) is 2.30. The maximum Gasteiger partial charge on any atom is 0.120 e. The molecule has 2 nitrogen and oxygen atoms in total. The Labute approximate surface area is 148 Å². The summed E-state index contributed by atoms with van der Waals surface area (Å²) in [5.74, 6) is 0.899. The Hall–Kier alpha value is -2.87. The highest BCUT2D eigenvalue weighted by Crippen LogP contribution is 2.36. The van der Waals surface area contributed by atoms with Crippen LogP contribution in [-0.4, -0.2) is 11.1 Å². The highest BCUT2D eigenvalue weighted by molar-refractivity contribution is 6.09. The molecule has 0 amide bonds. The molecule has 124 valence electrons. The molecule has 1 atom stereocenters. The number of hydrogen-bond donors (Lipinski definition) is 0. The van der Waals surface area contributed by atoms with Crippen molar-refractivity contribution in [1.82, 2.24) is 4.98 Å². The van der Waals surface area contributed by atoms with Gasteiger partial charge in [0, 0.05) is 16.3 Å². The van der Waals surface area contributed by atoms with E-state index in [1.165, 1.54) is 16.5 Å². The Bertz CT molecular complexity index is 1020. The van der Waals surface area contributed by atoms with Crippen molar-refractivity contribution in [3.05, 3.63) is 72.8 Å². The van der Waals surface area contributed by atoms with Gasteiger partial charge in [0.1, 0.15) is 5.75 Å². The highest BCUT2D eigenvalue weighted by atomic mass is 16.5. The second kappa shape index (κ2) is 6.56. The molecule has 2 heteroatoms. The minimum atomic E-state index is 0.200. The van der Waals surface area contributed by atoms with Crippen LogP contribution in [-0.2, 0) is 0 Å². The maximum atomic E-state index is 6.05. The molecule has 0 aliphatic carbocycles. The Morgan fingerprint density at radius 1 is 0.840 bits per heavy atom. The van der Waals surface area contributed by atoms with Crippen LogP contribution in [0.1, 0.15) is 20.3 Å². The van der Waals surface area contributed by atoms with Crippen LogP contribution in [0, 0.1) is 0 Å². The highest BCUT2D eigenvalue weighted by Gasteiger charge is 2.12. The van der Waals surface area contributed by atoms with Gasteiger partial charge in [-0.15, -0.1) is 0 Å². The fourth-order valence-corrected chi connectivity index (χ4v) is 3.18. The van der Waals surface area contributed by atoms with E-state index in [9.17, 15) is 0 Å². The van der Waals surface area contributed by atoms with Crippen molar-refractivity contribution in [2.75, 3.05) is 0 Å². The molecule has 3 aromatic carbocycles. The molecule has 0 saturated heterocycles. The summed E-state index contributed by atoms with van der Waals surface area (Å²) >= 11 is 0. The van der Waals surface area contributed by atoms with Crippen LogP contribution in [0.4, 0.5) is 0 Å². The van der Waals surface area contributed by atoms with Gasteiger partial charge in [0.2, 0.25) is 0 Å². The first-order chi connectivity index (χ1) is 12.3. The minimum absolute atomic E-state index is 0.200. The first-order valence-electron chi connectivity index (χ1n) is 8.81. The molecule has 1 unspecified atom stereocenters. The zero-order valence-corrected chi connectivity index (χ0v) is 14.6. The first kappa shape index (κ1) is 15.6. The molecule has 0 radical (unpaired) electrons. The van der Waals surface area contributed by atoms with Crippen LogP contribution >= 0.6 is 0 Å². The van der Waals surface area contributed by atoms with Crippen LogP contribution in [0.25, 0.3) is 32.9 Å². The number of fused-ring (bicyclic) bond motifs is 2. The van der Waals surface area contributed by atoms with Gasteiger partial charge in [0.15, 0.2) is 0 Å². The summed E-state index contributed by atoms with van der Waals surface area (Å²) in [6.07, 6.45) is 1.19. The summed E-state index contributed by atoms with van der Waals surface area (Å²) in [6, 6.07) is 25.1. The van der Waals surface area contributed by atoms with Crippen molar-refractivity contribution in [1.29, 1.82) is 0 Å². The topological polar surface area (TPSA) is 22.1 Å². The zero-order valence-electron chi connectivity index (χ0n) is 14.6. The molecule has 25 heavy (non-hydrogen) atoms. The first-order valence-corrected chi connectivity index (χ1v) is 8.81. The molecule has 4 rings (SSSR count). The zero-order chi connectivity index (χ0) is 17.2. The second-order valence-electron chi connectivity index (χ2n) is 6.39. The van der Waals surface area contributed by atoms with E-state index in [0.29, 0.717) is 0 Å². The molecule has 0 aliphatic rings. The smallest absolute Gasteiger partial charge is 0.120 e. The molecule has 0 saturated carbocycles. The summed E-state index contributed by atoms with van der Waals surface area (Å²) in [5.41, 5.74) is 4.43. The second-order valence-corrected chi connectivity index (χ2v) is 6.39. The van der Waals surface area contributed by atoms with E-state index < -0.39 is 0 Å². The monoisotopic (exact) mass is 327 g/mol. The molecule has 0 bridgehead atoms. The molecule has 1 aromatic heterocycles. The average molecular weight is 327 g/mol. The molecule has 4 aromatic rings. The number of pyridine rings is 1. The van der Waals surface area contributed by atoms with Crippen LogP contribution in [0.2, 0.25) is 0 Å². The van der Waals surface area contributed by atoms with Crippen LogP contribution in [0.15, 0.2) is 72.8 Å². The molecule has 0 fully saturated rings. The molecular weight excluding hydrogens is 306 g/mol. The fourth-order valence-electron chi connectivity index (χ4n) is 3.18. The van der Waals surface area contributed by atoms with Crippen molar-refractivity contribution >= 4 is 21.8 Å². The maximum absolute atomic E-state index is 6.05. The van der Waals surface area contributed by atoms with E-state index in [-0.39, 0.29) is 6.10 Å². The summed E-state index contributed by atoms with van der Waals surface area (Å²) in [6.45, 7) is 4.23. The van der Waals surface area contributed by atoms with Crippen molar-refractivity contribution < 1.29 is 4.74 Å². The lowest BCUT2D eigenvalue weighted by atomic mass is 9.96. The Kier molecular flexibility index (Phi) is 4.10. The predicted octanol–water partition coefficient (Wildman–Crippen LogP) is 6.23. The van der Waals surface area contributed by atoms with Crippen LogP contribution in [0.3, 0.4) is 0 Å². The van der Waals surface area contributed by atoms with E-state index in [0.717, 1.165) is 28.6 Å². The Balaban J connectivity index is 2.02. The third-order valence-corrected chi connectivity index (χ3v) is 4.63. The van der Waals surface area contributed by atoms with Crippen molar-refractivity contribution in [3.63, 3.8) is 0 Å². The van der Waals surface area contributed by atoms with Gasteiger partial charge < -0.3 is 4.74 Å². The standard InChI is InChI=1S/C23H21NO/c1-3-16(2)25-18-13-14-22-20(15-18)23(17-9-5-4-6-10-17)19-11-7-8-12-21(19)24-22/h4-16H,3H2,1-2H3. The van der Waals surface area contributed by atoms with Gasteiger partial charge in [-0.1, -0.05) is 55.5 Å². The number of benzene rings is 3. The molecule has 0 aliphatic heterocycles. The number of ether oxygens (including phenoxy) is 1. The van der Waals surface area contributed by atoms with Gasteiger partial charge >= 0.3 is 0 Å². The van der Waals surface area contributed by atoms with E-state index in [2.05, 4.69) is 68.4 Å². The molecule has 0 N–H and O–H groups in total. The van der Waals surface area contributed by atoms with Gasteiger partial charge in [-0.25, -0.2) is 4.98 Å². The van der Waals surface area contributed by atoms with Crippen molar-refractivity contribution in [2.45, 2.75) is 26.4 Å². The van der Waals surface area contributed by atoms with Crippen LogP contribution in [0.5, 0.6) is 5.75 Å². The van der Waals surface area contributed by atoms with E-state index in [1.54, 1.807) is 0 Å². The van der Waals surface area contributed by atoms with Gasteiger partial charge in [-0.3, -0.25) is 0 Å². The van der Waals surface area contributed by atoms with E-state index in [1.807, 2.05) is 18.2 Å². The van der Waals surface area contributed by atoms with Crippen LogP contribution < -0.4 is 4.74 Å². The fraction of sp³-hybridized carbons (Fsp3) is 0.174. The van der Waals surface area contributed by atoms with E-state index >= 15 is 0 Å². The average Bonchev–Trinajstić information content (AvgIpc) is 2.66. The quantitative estimate of drug-likeness (QED) is 0.414. The lowest BCUT2D eigenvalue weighted by molar-refractivity contribution is 0.218. The summed E-state index contributed by atoms with van der Waals surface area (Å²) < 4.78 is 6.05. The lowest BCUT2D eigenvalue weighted by Gasteiger charge is -2.15. The van der Waals surface area contributed by atoms with E-state index in [4.69, 9.17) is 9.72 Å². The predicted molar refractivity (Wildman–Crippen MR) is 105 cm³/mol. The number of rotatable bonds is 4. The van der Waals surface area contributed by atoms with Crippen molar-refractivity contribution in [2.24, 2.45) is 0 Å². The molecule has 1 heterocycles. The third-order valence-electron chi connectivity index (χ3n) is 4.63. The van der Waals surface area contributed by atoms with Gasteiger partial charge in [-0.05, 0) is 43.2 Å².